The van der Waals surface area contributed by atoms with E-state index >= 15 is 0 Å². The predicted molar refractivity (Wildman–Crippen MR) is 244 cm³/mol. The lowest BCUT2D eigenvalue weighted by Crippen LogP contribution is -2.59. The van der Waals surface area contributed by atoms with Gasteiger partial charge in [0.15, 0.2) is 0 Å². The number of aryl methyl sites for hydroxylation is 1. The molecular weight excluding hydrogens is 863 g/mol. The van der Waals surface area contributed by atoms with Crippen LogP contribution in [0, 0.1) is 102 Å². The van der Waals surface area contributed by atoms with Crippen LogP contribution in [0.15, 0.2) is 70.4 Å². The first-order valence-electron chi connectivity index (χ1n) is 21.6. The summed E-state index contributed by atoms with van der Waals surface area (Å²) in [5.41, 5.74) is -1.09. The Morgan fingerprint density at radius 1 is 0.716 bits per heavy atom. The van der Waals surface area contributed by atoms with Gasteiger partial charge in [0, 0.05) is 49.0 Å². The lowest BCUT2D eigenvalue weighted by Gasteiger charge is -2.34. The van der Waals surface area contributed by atoms with Gasteiger partial charge in [0.1, 0.15) is 30.5 Å². The Balaban J connectivity index is 1.14. The molecule has 1 unspecified atom stereocenters. The fourth-order valence-electron chi connectivity index (χ4n) is 7.06. The van der Waals surface area contributed by atoms with Gasteiger partial charge < -0.3 is 44.0 Å². The molecule has 3 saturated carbocycles. The minimum atomic E-state index is -1.25. The average Bonchev–Trinajstić information content (AvgIpc) is 4.15. The summed E-state index contributed by atoms with van der Waals surface area (Å²) in [6, 6.07) is 14.1. The van der Waals surface area contributed by atoms with Crippen molar-refractivity contribution in [1.82, 2.24) is 25.1 Å². The first kappa shape index (κ1) is 50.9. The number of alkyl carbamates (subject to hydrolysis) is 1. The van der Waals surface area contributed by atoms with Crippen molar-refractivity contribution in [2.45, 2.75) is 38.1 Å². The zero-order chi connectivity index (χ0) is 47.4. The number of carbonyl (C=O) groups excluding carboxylic acids is 4. The third-order valence-corrected chi connectivity index (χ3v) is 10.6. The number of amides is 3. The molecular formula is C50H54N5O12. The van der Waals surface area contributed by atoms with Crippen LogP contribution in [-0.4, -0.2) is 110 Å². The Kier molecular flexibility index (Phi) is 19.8. The van der Waals surface area contributed by atoms with Gasteiger partial charge in [-0.3, -0.25) is 19.1 Å². The molecule has 3 N–H and O–H groups in total. The van der Waals surface area contributed by atoms with E-state index in [2.05, 4.69) is 15.6 Å². The van der Waals surface area contributed by atoms with Crippen LogP contribution in [0.3, 0.4) is 0 Å². The van der Waals surface area contributed by atoms with Gasteiger partial charge in [-0.2, -0.15) is 0 Å². The number of hydrogen-bond donors (Lipinski definition) is 3. The molecule has 3 aliphatic carbocycles. The number of nitrogens with zero attached hydrogens (tertiary/aromatic N) is 2. The Morgan fingerprint density at radius 2 is 1.27 bits per heavy atom. The second kappa shape index (κ2) is 26.1. The Hall–Kier alpha value is -5.52. The number of aromatic nitrogens is 2. The van der Waals surface area contributed by atoms with Crippen molar-refractivity contribution in [1.29, 1.82) is 0 Å². The molecule has 15 radical (unpaired) electrons. The lowest BCUT2D eigenvalue weighted by molar-refractivity contribution is -0.153. The predicted octanol–water partition coefficient (Wildman–Crippen LogP) is 3.48. The number of aromatic amines is 1. The van der Waals surface area contributed by atoms with Gasteiger partial charge in [0.05, 0.1) is 46.8 Å². The highest BCUT2D eigenvalue weighted by molar-refractivity contribution is 5.85. The van der Waals surface area contributed by atoms with Crippen molar-refractivity contribution in [3.05, 3.63) is 193 Å². The number of esters is 1. The van der Waals surface area contributed by atoms with Gasteiger partial charge in [-0.15, -0.1) is 0 Å². The van der Waals surface area contributed by atoms with E-state index in [4.69, 9.17) is 28.4 Å². The SMILES string of the molecule is COC(=O)C(Cc1ccc(OC(=O)NC(COC[C]2[CH][CH][CH][CH]2)(COC[C]2[CH][CH][CH][CH]2)COC[C]2[CH][CH][CH][CH]2)cc1)N(CCNC(=O)OCc1ccccc1)C(=O)Cn1cc(C)c(=O)[nH]c1=O. The normalized spacial score (nSPS) is 16.1. The first-order chi connectivity index (χ1) is 32.5. The molecule has 3 fully saturated rings. The maximum absolute atomic E-state index is 14.0. The molecule has 0 bridgehead atoms. The van der Waals surface area contributed by atoms with E-state index in [-0.39, 0.29) is 77.1 Å². The Labute approximate surface area is 392 Å². The van der Waals surface area contributed by atoms with Gasteiger partial charge >= 0.3 is 23.8 Å². The zero-order valence-corrected chi connectivity index (χ0v) is 37.4. The van der Waals surface area contributed by atoms with Crippen molar-refractivity contribution < 1.29 is 47.6 Å². The molecule has 2 aromatic carbocycles. The topological polar surface area (TPSA) is 206 Å². The smallest absolute Gasteiger partial charge is 0.413 e. The number of ether oxygens (including phenoxy) is 6. The molecule has 0 aliphatic heterocycles. The standard InChI is InChI=1S/C50H54N5O12/c1-36-27-54(47(59)52-45(36)57)28-44(56)55(25-24-51-48(60)66-32-41-12-4-3-5-13-41)43(46(58)62-2)26-37-20-22-42(23-21-37)67-49(61)53-50(33-63-29-38-14-6-7-15-38,34-64-30-39-16-8-9-17-39)35-65-31-40-18-10-11-19-40/h3-23,27,43H,24-26,28-35H2,1-2H3,(H,51,60)(H,53,61)(H,52,57,59). The summed E-state index contributed by atoms with van der Waals surface area (Å²) < 4.78 is 35.7. The van der Waals surface area contributed by atoms with E-state index in [0.717, 1.165) is 27.9 Å². The molecule has 0 saturated heterocycles. The fourth-order valence-corrected chi connectivity index (χ4v) is 7.06. The highest BCUT2D eigenvalue weighted by Crippen LogP contribution is 2.27. The van der Waals surface area contributed by atoms with E-state index < -0.39 is 53.4 Å². The molecule has 6 rings (SSSR count). The molecule has 67 heavy (non-hydrogen) atoms. The minimum Gasteiger partial charge on any atom is -0.467 e. The van der Waals surface area contributed by atoms with E-state index in [1.165, 1.54) is 37.3 Å². The van der Waals surface area contributed by atoms with Gasteiger partial charge in [0.2, 0.25) is 5.91 Å². The molecule has 17 nitrogen and oxygen atoms in total. The van der Waals surface area contributed by atoms with Crippen molar-refractivity contribution in [2.75, 3.05) is 59.8 Å². The number of hydrogen-bond acceptors (Lipinski definition) is 12. The molecule has 1 aromatic heterocycles. The van der Waals surface area contributed by atoms with Gasteiger partial charge in [-0.25, -0.2) is 19.2 Å². The molecule has 0 spiro atoms. The van der Waals surface area contributed by atoms with E-state index in [0.29, 0.717) is 5.56 Å². The highest BCUT2D eigenvalue weighted by atomic mass is 16.6. The molecule has 351 valence electrons. The monoisotopic (exact) mass is 916 g/mol. The van der Waals surface area contributed by atoms with Gasteiger partial charge in [-0.05, 0) is 107 Å². The maximum atomic E-state index is 14.0. The Bertz CT molecular complexity index is 2090. The summed E-state index contributed by atoms with van der Waals surface area (Å²) in [6.07, 6.45) is 22.7. The van der Waals surface area contributed by atoms with E-state index in [9.17, 15) is 28.8 Å². The quantitative estimate of drug-likeness (QED) is 0.105. The number of H-pyrrole nitrogens is 1. The van der Waals surface area contributed by atoms with Crippen molar-refractivity contribution in [3.8, 4) is 5.75 Å². The minimum absolute atomic E-state index is 0.00889. The summed E-state index contributed by atoms with van der Waals surface area (Å²) >= 11 is 0. The Morgan fingerprint density at radius 3 is 1.81 bits per heavy atom. The summed E-state index contributed by atoms with van der Waals surface area (Å²) in [7, 11) is 1.18. The second-order valence-electron chi connectivity index (χ2n) is 15.8. The van der Waals surface area contributed by atoms with Gasteiger partial charge in [-0.1, -0.05) is 42.5 Å². The van der Waals surface area contributed by atoms with Crippen LogP contribution in [-0.2, 0) is 52.8 Å². The van der Waals surface area contributed by atoms with Crippen LogP contribution < -0.4 is 26.6 Å². The largest absolute Gasteiger partial charge is 0.467 e. The second-order valence-corrected chi connectivity index (χ2v) is 15.8. The summed E-state index contributed by atoms with van der Waals surface area (Å²) in [5, 5.41) is 5.56. The molecule has 3 aromatic rings. The van der Waals surface area contributed by atoms with Crippen LogP contribution in [0.1, 0.15) is 16.7 Å². The summed E-state index contributed by atoms with van der Waals surface area (Å²) in [5.74, 6) is 1.59. The van der Waals surface area contributed by atoms with Crippen molar-refractivity contribution in [2.24, 2.45) is 0 Å². The van der Waals surface area contributed by atoms with Crippen molar-refractivity contribution >= 4 is 24.1 Å². The number of methoxy groups -OCH3 is 1. The van der Waals surface area contributed by atoms with Crippen LogP contribution >= 0.6 is 0 Å². The third kappa shape index (κ3) is 16.3. The van der Waals surface area contributed by atoms with Gasteiger partial charge in [0.25, 0.3) is 5.56 Å². The zero-order valence-electron chi connectivity index (χ0n) is 37.4. The summed E-state index contributed by atoms with van der Waals surface area (Å²) in [6.45, 7) is 1.58. The summed E-state index contributed by atoms with van der Waals surface area (Å²) in [4.78, 5) is 81.9. The first-order valence-corrected chi connectivity index (χ1v) is 21.6. The number of carbonyl (C=O) groups is 4. The molecule has 17 heteroatoms. The number of rotatable bonds is 25. The highest BCUT2D eigenvalue weighted by Gasteiger charge is 2.37. The number of benzene rings is 2. The third-order valence-electron chi connectivity index (χ3n) is 10.6. The van der Waals surface area contributed by atoms with Crippen molar-refractivity contribution in [3.63, 3.8) is 0 Å². The lowest BCUT2D eigenvalue weighted by atomic mass is 10.0. The van der Waals surface area contributed by atoms with Crippen LogP contribution in [0.4, 0.5) is 9.59 Å². The van der Waals surface area contributed by atoms with E-state index in [1.54, 1.807) is 24.3 Å². The number of nitrogens with one attached hydrogen (secondary N) is 3. The molecule has 1 atom stereocenters. The fraction of sp³-hybridized carbons (Fsp3) is 0.300. The van der Waals surface area contributed by atoms with Crippen LogP contribution in [0.5, 0.6) is 5.75 Å². The van der Waals surface area contributed by atoms with Crippen LogP contribution in [0.2, 0.25) is 0 Å². The van der Waals surface area contributed by atoms with E-state index in [1.807, 2.05) is 95.2 Å². The van der Waals surface area contributed by atoms with Crippen LogP contribution in [0.25, 0.3) is 0 Å². The molecule has 1 heterocycles. The maximum Gasteiger partial charge on any atom is 0.413 e. The molecule has 3 amide bonds. The average molecular weight is 917 g/mol. The molecule has 3 aliphatic rings.